The number of anilines is 10. The summed E-state index contributed by atoms with van der Waals surface area (Å²) in [5.41, 5.74) is 7.43. The maximum Gasteiger partial charge on any atom is 0.229 e. The highest BCUT2D eigenvalue weighted by Gasteiger charge is 2.31. The van der Waals surface area contributed by atoms with E-state index in [1.54, 1.807) is 48.1 Å². The van der Waals surface area contributed by atoms with Crippen LogP contribution < -0.4 is 26.6 Å². The molecule has 15 aromatic rings. The molecule has 6 aliphatic rings. The van der Waals surface area contributed by atoms with E-state index in [-0.39, 0.29) is 6.04 Å². The first kappa shape index (κ1) is 76.6. The third-order valence-corrected chi connectivity index (χ3v) is 22.9. The van der Waals surface area contributed by atoms with Crippen molar-refractivity contribution in [2.45, 2.75) is 101 Å². The number of ether oxygens (including phenoxy) is 1. The van der Waals surface area contributed by atoms with Crippen LogP contribution in [0.25, 0.3) is 55.2 Å². The quantitative estimate of drug-likeness (QED) is 0.0565. The first-order chi connectivity index (χ1) is 54.5. The first-order valence-corrected chi connectivity index (χ1v) is 40.1. The SMILES string of the molecule is CN1CCC(n2cc(Nc3ncc4c(Cl)cn(C)c4n3)c(Cl)n2)CC1.Clc1nn(C2CC2)cc1Nc1ncc2c(Cl)cn(C3CC3)c2n1.Cn1cc(Cl)c2cnc(Nc3cn(C4CC4)nc3Cl)nc21.Cn1cc(Cl)c2cnc(Nc3cn(CC4CC4)nc3Cl)nc21.Cn1cc(Cl)c2cnc(Nc3cnn(C4COC4)c3Cl)nc21. The van der Waals surface area contributed by atoms with Crippen molar-refractivity contribution in [1.82, 2.24) is 126 Å². The Bertz CT molecular complexity index is 6040. The normalized spacial score (nSPS) is 15.9. The van der Waals surface area contributed by atoms with Gasteiger partial charge >= 0.3 is 0 Å². The minimum Gasteiger partial charge on any atom is -0.377 e. The second-order valence-corrected chi connectivity index (χ2v) is 32.5. The van der Waals surface area contributed by atoms with Crippen molar-refractivity contribution in [3.63, 3.8) is 0 Å². The second kappa shape index (κ2) is 32.0. The van der Waals surface area contributed by atoms with Crippen molar-refractivity contribution in [3.05, 3.63) is 144 Å². The van der Waals surface area contributed by atoms with E-state index in [0.29, 0.717) is 141 Å². The molecule has 0 amide bonds. The lowest BCUT2D eigenvalue weighted by atomic mass is 10.1. The summed E-state index contributed by atoms with van der Waals surface area (Å²) >= 11 is 61.9. The molecule has 0 unspecified atom stereocenters. The van der Waals surface area contributed by atoms with Gasteiger partial charge < -0.3 is 59.1 Å². The molecule has 0 spiro atoms. The van der Waals surface area contributed by atoms with Crippen molar-refractivity contribution in [1.29, 1.82) is 0 Å². The smallest absolute Gasteiger partial charge is 0.229 e. The van der Waals surface area contributed by atoms with Crippen LogP contribution in [0.15, 0.2) is 93.0 Å². The summed E-state index contributed by atoms with van der Waals surface area (Å²) in [5, 5.41) is 46.9. The Balaban J connectivity index is 0.000000102. The molecule has 2 aliphatic heterocycles. The number of nitrogens with zero attached hydrogens (tertiary/aromatic N) is 26. The van der Waals surface area contributed by atoms with E-state index in [1.807, 2.05) is 115 Å². The zero-order chi connectivity index (χ0) is 78.2. The number of halogens is 10. The topological polar surface area (TPSA) is 315 Å². The third-order valence-electron chi connectivity index (χ3n) is 19.9. The average molecular weight is 1730 g/mol. The summed E-state index contributed by atoms with van der Waals surface area (Å²) in [4.78, 5) is 46.4. The molecule has 5 N–H and O–H groups in total. The largest absolute Gasteiger partial charge is 0.377 e. The van der Waals surface area contributed by atoms with Gasteiger partial charge in [0.25, 0.3) is 0 Å². The van der Waals surface area contributed by atoms with Gasteiger partial charge in [0.1, 0.15) is 34.3 Å². The Hall–Kier alpha value is -9.03. The van der Waals surface area contributed by atoms with Gasteiger partial charge in [-0.1, -0.05) is 116 Å². The molecule has 42 heteroatoms. The van der Waals surface area contributed by atoms with Crippen LogP contribution in [-0.4, -0.2) is 160 Å². The molecule has 0 atom stereocenters. The predicted molar refractivity (Wildman–Crippen MR) is 442 cm³/mol. The zero-order valence-corrected chi connectivity index (χ0v) is 68.6. The molecular formula is C71H71Cl10N31O. The van der Waals surface area contributed by atoms with E-state index in [1.165, 1.54) is 25.7 Å². The van der Waals surface area contributed by atoms with Crippen LogP contribution in [-0.2, 0) is 39.5 Å². The molecule has 17 heterocycles. The summed E-state index contributed by atoms with van der Waals surface area (Å²) in [5.74, 6) is 3.09. The molecule has 15 aromatic heterocycles. The molecule has 0 radical (unpaired) electrons. The lowest BCUT2D eigenvalue weighted by Crippen LogP contribution is -2.31. The Kier molecular flexibility index (Phi) is 21.7. The molecule has 21 rings (SSSR count). The van der Waals surface area contributed by atoms with E-state index in [0.717, 1.165) is 125 Å². The summed E-state index contributed by atoms with van der Waals surface area (Å²) < 4.78 is 24.1. The average Bonchev–Trinajstić information content (AvgIpc) is 1.62. The van der Waals surface area contributed by atoms with Crippen LogP contribution in [0.1, 0.15) is 94.4 Å². The number of nitrogens with one attached hydrogen (secondary N) is 5. The Labute approximate surface area is 694 Å². The summed E-state index contributed by atoms with van der Waals surface area (Å²) in [7, 11) is 9.71. The molecule has 4 aliphatic carbocycles. The van der Waals surface area contributed by atoms with Crippen molar-refractivity contribution in [3.8, 4) is 0 Å². The summed E-state index contributed by atoms with van der Waals surface area (Å²) in [6.07, 6.45) is 38.7. The van der Waals surface area contributed by atoms with E-state index in [9.17, 15) is 0 Å². The molecule has 113 heavy (non-hydrogen) atoms. The van der Waals surface area contributed by atoms with E-state index < -0.39 is 0 Å². The standard InChI is InChI=1S/C16H19Cl2N7.C15H14Cl2N6.C14H14Cl2N6.C13H12Cl2N6O.C13H12Cl2N6/c1-23-5-3-10(4-6-23)25-9-13(14(18)22-25)20-16-19-7-11-12(17)8-24(2)15(11)21-16;16-11-6-22(8-1-2-8)14-10(11)5-18-15(20-14)19-12-7-23(9-3-4-9)21-13(12)17;1-21-6-10(15)9-4-17-14(19-13(9)21)18-11-7-22(20-12(11)16)5-8-2-3-8;1-20-4-9(14)8-2-16-13(19-12(8)20)18-10-3-17-21(11(10)15)7-5-22-6-7;1-20-5-9(14)8-4-16-13(18-12(8)20)17-10-6-21(7-2-3-7)19-11(10)15/h7-10H,3-6H2,1-2H3,(H,19,20,21);5-9H,1-4H2,(H,18,19,20);4,6-8H,2-3,5H2,1H3,(H,17,18,19);2-4,7H,5-6H2,1H3,(H,16,18,19);4-7H,2-3H2,1H3,(H,16,17,18). The Morgan fingerprint density at radius 2 is 0.690 bits per heavy atom. The maximum atomic E-state index is 6.34. The van der Waals surface area contributed by atoms with Crippen LogP contribution in [0.3, 0.4) is 0 Å². The van der Waals surface area contributed by atoms with Crippen LogP contribution in [0.4, 0.5) is 58.2 Å². The van der Waals surface area contributed by atoms with Crippen molar-refractivity contribution < 1.29 is 4.74 Å². The van der Waals surface area contributed by atoms with Gasteiger partial charge in [0.05, 0.1) is 143 Å². The van der Waals surface area contributed by atoms with Crippen LogP contribution in [0.2, 0.25) is 50.9 Å². The number of aromatic nitrogens is 25. The maximum absolute atomic E-state index is 6.34. The highest BCUT2D eigenvalue weighted by molar-refractivity contribution is 6.38. The van der Waals surface area contributed by atoms with Crippen molar-refractivity contribution >= 4 is 229 Å². The van der Waals surface area contributed by atoms with Crippen molar-refractivity contribution in [2.24, 2.45) is 34.1 Å². The second-order valence-electron chi connectivity index (χ2n) is 28.7. The molecular weight excluding hydrogens is 1660 g/mol. The number of hydrogen-bond donors (Lipinski definition) is 5. The molecule has 6 fully saturated rings. The highest BCUT2D eigenvalue weighted by atomic mass is 35.5. The monoisotopic (exact) mass is 1720 g/mol. The zero-order valence-electron chi connectivity index (χ0n) is 61.0. The fourth-order valence-corrected chi connectivity index (χ4v) is 15.4. The van der Waals surface area contributed by atoms with Gasteiger partial charge in [0, 0.05) is 103 Å². The number of likely N-dealkylation sites (tertiary alicyclic amines) is 1. The van der Waals surface area contributed by atoms with E-state index in [2.05, 4.69) is 118 Å². The molecule has 4 saturated carbocycles. The fraction of sp³-hybridized carbons (Fsp3) is 0.366. The van der Waals surface area contributed by atoms with Crippen LogP contribution in [0.5, 0.6) is 0 Å². The summed E-state index contributed by atoms with van der Waals surface area (Å²) in [6.45, 7) is 4.31. The van der Waals surface area contributed by atoms with E-state index in [4.69, 9.17) is 121 Å². The van der Waals surface area contributed by atoms with Gasteiger partial charge in [0.15, 0.2) is 25.8 Å². The predicted octanol–water partition coefficient (Wildman–Crippen LogP) is 17.8. The number of piperidine rings is 1. The third kappa shape index (κ3) is 16.9. The van der Waals surface area contributed by atoms with Crippen LogP contribution in [0, 0.1) is 5.92 Å². The lowest BCUT2D eigenvalue weighted by molar-refractivity contribution is -0.0284. The molecule has 32 nitrogen and oxygen atoms in total. The minimum atomic E-state index is 0.193. The van der Waals surface area contributed by atoms with Gasteiger partial charge in [-0.15, -0.1) is 0 Å². The van der Waals surface area contributed by atoms with Gasteiger partial charge in [-0.2, -0.15) is 50.4 Å². The Morgan fingerprint density at radius 3 is 1.05 bits per heavy atom. The number of rotatable bonds is 17. The molecule has 586 valence electrons. The molecule has 2 saturated heterocycles. The first-order valence-electron chi connectivity index (χ1n) is 36.3. The van der Waals surface area contributed by atoms with Gasteiger partial charge in [-0.3, -0.25) is 18.7 Å². The van der Waals surface area contributed by atoms with Crippen molar-refractivity contribution in [2.75, 3.05) is 59.9 Å². The van der Waals surface area contributed by atoms with Gasteiger partial charge in [-0.05, 0) is 90.3 Å². The minimum absolute atomic E-state index is 0.193. The Morgan fingerprint density at radius 1 is 0.354 bits per heavy atom. The van der Waals surface area contributed by atoms with Crippen LogP contribution >= 0.6 is 116 Å². The highest BCUT2D eigenvalue weighted by Crippen LogP contribution is 2.43. The summed E-state index contributed by atoms with van der Waals surface area (Å²) in [6, 6.07) is 2.04. The number of aryl methyl sites for hydroxylation is 4. The van der Waals surface area contributed by atoms with E-state index >= 15 is 0 Å². The lowest BCUT2D eigenvalue weighted by Gasteiger charge is -2.28. The number of hydrogen-bond acceptors (Lipinski definition) is 22. The number of fused-ring (bicyclic) bond motifs is 5. The van der Waals surface area contributed by atoms with Gasteiger partial charge in [-0.25, -0.2) is 29.6 Å². The fourth-order valence-electron chi connectivity index (χ4n) is 13.0. The van der Waals surface area contributed by atoms with Gasteiger partial charge in [0.2, 0.25) is 29.7 Å². The molecule has 0 aromatic carbocycles. The molecule has 0 bridgehead atoms.